The van der Waals surface area contributed by atoms with Crippen LogP contribution in [-0.4, -0.2) is 40.2 Å². The van der Waals surface area contributed by atoms with Crippen LogP contribution in [0.4, 0.5) is 10.1 Å². The molecule has 2 rings (SSSR count). The third-order valence-corrected chi connectivity index (χ3v) is 5.13. The third kappa shape index (κ3) is 5.53. The van der Waals surface area contributed by atoms with Crippen LogP contribution in [0.3, 0.4) is 0 Å². The van der Waals surface area contributed by atoms with Gasteiger partial charge in [-0.15, -0.1) is 0 Å². The lowest BCUT2D eigenvalue weighted by Gasteiger charge is -2.22. The van der Waals surface area contributed by atoms with E-state index in [1.165, 1.54) is 37.4 Å². The van der Waals surface area contributed by atoms with Gasteiger partial charge in [0, 0.05) is 6.54 Å². The van der Waals surface area contributed by atoms with Crippen LogP contribution in [0.2, 0.25) is 0 Å². The molecule has 0 bridgehead atoms. The fourth-order valence-corrected chi connectivity index (χ4v) is 3.27. The van der Waals surface area contributed by atoms with Gasteiger partial charge in [0.15, 0.2) is 0 Å². The first-order valence-corrected chi connectivity index (χ1v) is 10.1. The maximum Gasteiger partial charge on any atom is 0.337 e. The molecule has 0 radical (unpaired) electrons. The van der Waals surface area contributed by atoms with Gasteiger partial charge < -0.3 is 10.1 Å². The second-order valence-electron chi connectivity index (χ2n) is 6.17. The van der Waals surface area contributed by atoms with E-state index in [1.54, 1.807) is 19.1 Å². The Bertz CT molecular complexity index is 974. The van der Waals surface area contributed by atoms with Crippen LogP contribution in [-0.2, 0) is 26.1 Å². The summed E-state index contributed by atoms with van der Waals surface area (Å²) in [6, 6.07) is 10.2. The molecule has 1 amide bonds. The van der Waals surface area contributed by atoms with Crippen molar-refractivity contribution in [1.29, 1.82) is 0 Å². The molecule has 0 heterocycles. The highest BCUT2D eigenvalue weighted by atomic mass is 32.2. The van der Waals surface area contributed by atoms with E-state index in [4.69, 9.17) is 0 Å². The molecule has 150 valence electrons. The summed E-state index contributed by atoms with van der Waals surface area (Å²) in [6.45, 7) is 1.24. The van der Waals surface area contributed by atoms with Gasteiger partial charge in [-0.3, -0.25) is 9.10 Å². The van der Waals surface area contributed by atoms with Crippen molar-refractivity contribution in [3.8, 4) is 0 Å². The van der Waals surface area contributed by atoms with E-state index < -0.39 is 28.4 Å². The van der Waals surface area contributed by atoms with E-state index in [9.17, 15) is 22.4 Å². The number of sulfonamides is 1. The number of hydrogen-bond donors (Lipinski definition) is 1. The van der Waals surface area contributed by atoms with Crippen molar-refractivity contribution in [1.82, 2.24) is 5.32 Å². The summed E-state index contributed by atoms with van der Waals surface area (Å²) in [5.74, 6) is -1.49. The second-order valence-corrected chi connectivity index (χ2v) is 8.08. The van der Waals surface area contributed by atoms with E-state index in [-0.39, 0.29) is 23.6 Å². The van der Waals surface area contributed by atoms with E-state index >= 15 is 0 Å². The number of hydrogen-bond acceptors (Lipinski definition) is 5. The third-order valence-electron chi connectivity index (χ3n) is 3.99. The summed E-state index contributed by atoms with van der Waals surface area (Å²) in [5, 5.41) is 2.57. The van der Waals surface area contributed by atoms with Crippen molar-refractivity contribution in [2.24, 2.45) is 0 Å². The van der Waals surface area contributed by atoms with Gasteiger partial charge in [-0.2, -0.15) is 0 Å². The Morgan fingerprint density at radius 2 is 1.79 bits per heavy atom. The Kier molecular flexibility index (Phi) is 6.74. The molecule has 0 aliphatic rings. The molecule has 0 fully saturated rings. The molecule has 0 spiro atoms. The lowest BCUT2D eigenvalue weighted by Crippen LogP contribution is -2.40. The lowest BCUT2D eigenvalue weighted by molar-refractivity contribution is -0.119. The fourth-order valence-electron chi connectivity index (χ4n) is 2.41. The number of amides is 1. The first kappa shape index (κ1) is 21.4. The molecule has 7 nitrogen and oxygen atoms in total. The molecular weight excluding hydrogens is 387 g/mol. The topological polar surface area (TPSA) is 92.8 Å². The predicted octanol–water partition coefficient (Wildman–Crippen LogP) is 2.00. The molecule has 28 heavy (non-hydrogen) atoms. The quantitative estimate of drug-likeness (QED) is 0.708. The number of benzene rings is 2. The normalized spacial score (nSPS) is 11.0. The average molecular weight is 408 g/mol. The number of nitrogens with zero attached hydrogens (tertiary/aromatic N) is 1. The van der Waals surface area contributed by atoms with Gasteiger partial charge in [0.05, 0.1) is 24.6 Å². The van der Waals surface area contributed by atoms with Gasteiger partial charge in [0.25, 0.3) is 0 Å². The van der Waals surface area contributed by atoms with Gasteiger partial charge in [-0.05, 0) is 48.4 Å². The largest absolute Gasteiger partial charge is 0.465 e. The zero-order valence-electron chi connectivity index (χ0n) is 15.7. The van der Waals surface area contributed by atoms with E-state index in [0.29, 0.717) is 11.1 Å². The van der Waals surface area contributed by atoms with Gasteiger partial charge in [-0.1, -0.05) is 12.1 Å². The molecule has 0 atom stereocenters. The molecule has 0 saturated heterocycles. The maximum atomic E-state index is 13.6. The number of methoxy groups -OCH3 is 1. The Hall–Kier alpha value is -2.94. The fraction of sp³-hybridized carbons (Fsp3) is 0.263. The molecule has 0 aromatic heterocycles. The van der Waals surface area contributed by atoms with Crippen molar-refractivity contribution in [2.75, 3.05) is 24.2 Å². The lowest BCUT2D eigenvalue weighted by atomic mass is 10.1. The molecule has 0 aliphatic carbocycles. The van der Waals surface area contributed by atoms with Gasteiger partial charge in [0.1, 0.15) is 12.4 Å². The second kappa shape index (κ2) is 8.83. The van der Waals surface area contributed by atoms with Crippen molar-refractivity contribution in [3.63, 3.8) is 0 Å². The van der Waals surface area contributed by atoms with Crippen LogP contribution in [0.1, 0.15) is 21.5 Å². The molecule has 2 aromatic rings. The Morgan fingerprint density at radius 3 is 2.32 bits per heavy atom. The maximum absolute atomic E-state index is 13.6. The van der Waals surface area contributed by atoms with E-state index in [2.05, 4.69) is 10.1 Å². The Morgan fingerprint density at radius 1 is 1.14 bits per heavy atom. The monoisotopic (exact) mass is 408 g/mol. The van der Waals surface area contributed by atoms with Gasteiger partial charge in [0.2, 0.25) is 15.9 Å². The summed E-state index contributed by atoms with van der Waals surface area (Å²) in [4.78, 5) is 23.7. The zero-order chi connectivity index (χ0) is 20.9. The molecule has 0 aliphatic heterocycles. The van der Waals surface area contributed by atoms with Crippen LogP contribution < -0.4 is 9.62 Å². The number of carbonyl (C=O) groups excluding carboxylic acids is 2. The van der Waals surface area contributed by atoms with Crippen LogP contribution in [0, 0.1) is 12.7 Å². The Labute approximate surface area is 163 Å². The number of anilines is 1. The number of halogens is 1. The van der Waals surface area contributed by atoms with Crippen molar-refractivity contribution in [2.45, 2.75) is 13.5 Å². The average Bonchev–Trinajstić information content (AvgIpc) is 2.65. The summed E-state index contributed by atoms with van der Waals surface area (Å²) in [6.07, 6.45) is 0.976. The van der Waals surface area contributed by atoms with Crippen molar-refractivity contribution in [3.05, 3.63) is 65.0 Å². The predicted molar refractivity (Wildman–Crippen MR) is 103 cm³/mol. The smallest absolute Gasteiger partial charge is 0.337 e. The number of rotatable bonds is 7. The van der Waals surface area contributed by atoms with Crippen molar-refractivity contribution < 1.29 is 27.1 Å². The minimum Gasteiger partial charge on any atom is -0.465 e. The molecule has 1 N–H and O–H groups in total. The molecule has 0 unspecified atom stereocenters. The summed E-state index contributed by atoms with van der Waals surface area (Å²) >= 11 is 0. The van der Waals surface area contributed by atoms with Crippen LogP contribution >= 0.6 is 0 Å². The number of nitrogens with one attached hydrogen (secondary N) is 1. The molecule has 9 heteroatoms. The summed E-state index contributed by atoms with van der Waals surface area (Å²) in [5.41, 5.74) is 1.54. The minimum absolute atomic E-state index is 0.0644. The highest BCUT2D eigenvalue weighted by Crippen LogP contribution is 2.18. The summed E-state index contributed by atoms with van der Waals surface area (Å²) in [7, 11) is -2.51. The Balaban J connectivity index is 2.10. The molecular formula is C19H21FN2O5S. The number of carbonyl (C=O) groups is 2. The molecule has 0 saturated carbocycles. The highest BCUT2D eigenvalue weighted by molar-refractivity contribution is 7.92. The molecule has 2 aromatic carbocycles. The number of aryl methyl sites for hydroxylation is 1. The van der Waals surface area contributed by atoms with E-state index in [1.807, 2.05) is 0 Å². The number of esters is 1. The van der Waals surface area contributed by atoms with Crippen LogP contribution in [0.25, 0.3) is 0 Å². The first-order valence-electron chi connectivity index (χ1n) is 8.29. The van der Waals surface area contributed by atoms with Gasteiger partial charge in [-0.25, -0.2) is 17.6 Å². The summed E-state index contributed by atoms with van der Waals surface area (Å²) < 4.78 is 43.3. The highest BCUT2D eigenvalue weighted by Gasteiger charge is 2.21. The zero-order valence-corrected chi connectivity index (χ0v) is 16.5. The standard InChI is InChI=1S/C19H21FN2O5S/c1-13-4-5-14(10-17(13)20)11-21-18(23)12-22(28(3,25)26)16-8-6-15(7-9-16)19(24)27-2/h4-10H,11-12H2,1-3H3,(H,21,23). The van der Waals surface area contributed by atoms with Crippen LogP contribution in [0.5, 0.6) is 0 Å². The van der Waals surface area contributed by atoms with E-state index in [0.717, 1.165) is 10.6 Å². The van der Waals surface area contributed by atoms with Crippen molar-refractivity contribution >= 4 is 27.6 Å². The van der Waals surface area contributed by atoms with Gasteiger partial charge >= 0.3 is 5.97 Å². The number of ether oxygens (including phenoxy) is 1. The van der Waals surface area contributed by atoms with Crippen LogP contribution in [0.15, 0.2) is 42.5 Å². The SMILES string of the molecule is COC(=O)c1ccc(N(CC(=O)NCc2ccc(C)c(F)c2)S(C)(=O)=O)cc1. The minimum atomic E-state index is -3.75. The first-order chi connectivity index (χ1) is 13.1.